The van der Waals surface area contributed by atoms with E-state index in [1.165, 1.54) is 10.7 Å². The predicted octanol–water partition coefficient (Wildman–Crippen LogP) is 6.89. The van der Waals surface area contributed by atoms with E-state index in [-0.39, 0.29) is 16.4 Å². The van der Waals surface area contributed by atoms with Gasteiger partial charge in [0.05, 0.1) is 11.6 Å². The van der Waals surface area contributed by atoms with Gasteiger partial charge in [-0.1, -0.05) is 23.2 Å². The Hall–Kier alpha value is -3.15. The van der Waals surface area contributed by atoms with Crippen LogP contribution < -0.4 is 10.6 Å². The van der Waals surface area contributed by atoms with Gasteiger partial charge in [-0.2, -0.15) is 18.3 Å². The summed E-state index contributed by atoms with van der Waals surface area (Å²) < 4.78 is 55.4. The highest BCUT2D eigenvalue weighted by molar-refractivity contribution is 9.10. The summed E-state index contributed by atoms with van der Waals surface area (Å²) in [4.78, 5) is 26.2. The van der Waals surface area contributed by atoms with Gasteiger partial charge < -0.3 is 10.6 Å². The van der Waals surface area contributed by atoms with E-state index in [1.807, 2.05) is 0 Å². The second-order valence-electron chi connectivity index (χ2n) is 8.27. The zero-order chi connectivity index (χ0) is 26.8. The summed E-state index contributed by atoms with van der Waals surface area (Å²) in [6, 6.07) is 6.82. The first-order valence-electron chi connectivity index (χ1n) is 10.5. The quantitative estimate of drug-likeness (QED) is 0.247. The van der Waals surface area contributed by atoms with Gasteiger partial charge in [-0.05, 0) is 64.0 Å². The van der Waals surface area contributed by atoms with E-state index in [9.17, 15) is 27.2 Å². The zero-order valence-corrected chi connectivity index (χ0v) is 21.6. The van der Waals surface area contributed by atoms with Gasteiger partial charge in [0.1, 0.15) is 17.0 Å². The molecular weight excluding hydrogens is 603 g/mol. The Morgan fingerprint density at radius 3 is 2.59 bits per heavy atom. The molecule has 13 heteroatoms. The van der Waals surface area contributed by atoms with Crippen LogP contribution in [0.4, 0.5) is 23.2 Å². The number of benzene rings is 3. The van der Waals surface area contributed by atoms with Crippen LogP contribution in [0.15, 0.2) is 46.9 Å². The molecule has 1 unspecified atom stereocenters. The van der Waals surface area contributed by atoms with Gasteiger partial charge in [-0.3, -0.25) is 14.3 Å². The first-order chi connectivity index (χ1) is 17.3. The number of anilines is 1. The fraction of sp³-hybridized carbons (Fsp3) is 0.125. The highest BCUT2D eigenvalue weighted by atomic mass is 79.9. The predicted molar refractivity (Wildman–Crippen MR) is 134 cm³/mol. The molecule has 5 rings (SSSR count). The molecule has 0 fully saturated rings. The summed E-state index contributed by atoms with van der Waals surface area (Å²) in [6.45, 7) is 0. The Bertz CT molecular complexity index is 1640. The molecule has 0 saturated heterocycles. The molecule has 1 aromatic heterocycles. The number of alkyl halides is 3. The smallest absolute Gasteiger partial charge is 0.340 e. The number of rotatable bonds is 3. The van der Waals surface area contributed by atoms with Crippen LogP contribution in [0, 0.1) is 5.82 Å². The van der Waals surface area contributed by atoms with E-state index < -0.39 is 41.0 Å². The van der Waals surface area contributed by atoms with Gasteiger partial charge >= 0.3 is 6.18 Å². The van der Waals surface area contributed by atoms with Crippen LogP contribution in [0.1, 0.15) is 43.6 Å². The topological polar surface area (TPSA) is 76.0 Å². The lowest BCUT2D eigenvalue weighted by Crippen LogP contribution is -2.35. The molecule has 0 bridgehead atoms. The third kappa shape index (κ3) is 4.45. The van der Waals surface area contributed by atoms with Crippen LogP contribution in [0.3, 0.4) is 0 Å². The molecule has 0 radical (unpaired) electrons. The van der Waals surface area contributed by atoms with Crippen LogP contribution in [-0.2, 0) is 13.2 Å². The molecule has 6 nitrogen and oxygen atoms in total. The summed E-state index contributed by atoms with van der Waals surface area (Å²) in [6.07, 6.45) is -4.85. The Labute approximate surface area is 224 Å². The molecule has 2 heterocycles. The third-order valence-corrected chi connectivity index (χ3v) is 7.07. The van der Waals surface area contributed by atoms with Gasteiger partial charge in [0.2, 0.25) is 0 Å². The third-order valence-electron chi connectivity index (χ3n) is 5.89. The Balaban J connectivity index is 1.71. The number of halogens is 7. The van der Waals surface area contributed by atoms with Crippen molar-refractivity contribution in [1.29, 1.82) is 0 Å². The maximum atomic E-state index is 14.0. The van der Waals surface area contributed by atoms with E-state index >= 15 is 0 Å². The van der Waals surface area contributed by atoms with Gasteiger partial charge in [0.25, 0.3) is 11.8 Å². The summed E-state index contributed by atoms with van der Waals surface area (Å²) in [5, 5.41) is 10.8. The molecule has 1 aliphatic rings. The molecule has 0 aliphatic carbocycles. The molecule has 2 amide bonds. The normalized spacial score (nSPS) is 15.1. The number of hydrogen-bond donors (Lipinski definition) is 2. The number of carbonyl (C=O) groups excluding carboxylic acids is 2. The van der Waals surface area contributed by atoms with E-state index in [1.54, 1.807) is 25.2 Å². The number of nitrogens with zero attached hydrogens (tertiary/aromatic N) is 2. The first kappa shape index (κ1) is 25.5. The van der Waals surface area contributed by atoms with Crippen molar-refractivity contribution in [2.24, 2.45) is 7.05 Å². The highest BCUT2D eigenvalue weighted by Crippen LogP contribution is 2.44. The molecule has 0 spiro atoms. The Morgan fingerprint density at radius 2 is 1.89 bits per heavy atom. The van der Waals surface area contributed by atoms with Crippen LogP contribution in [-0.4, -0.2) is 21.6 Å². The average Bonchev–Trinajstić information content (AvgIpc) is 3.17. The maximum absolute atomic E-state index is 14.0. The summed E-state index contributed by atoms with van der Waals surface area (Å²) in [7, 11) is 1.57. The SMILES string of the molecule is Cn1nc2c(Br)cc(NC(=O)c3cc(F)cc(C(F)(F)F)c3)c3c2c1C(=O)NC3c1cc(Cl)ccc1Cl. The standard InChI is InChI=1S/C24H13BrCl2F4N4O2/c1-35-21-18-17(19(33-23(21)37)13-7-11(26)2-3-15(13)27)16(8-14(25)20(18)34-35)32-22(36)9-4-10(24(29,30)31)6-12(28)5-9/h2-8,19H,1H3,(H,32,36)(H,33,37). The number of aryl methyl sites for hydroxylation is 1. The van der Waals surface area contributed by atoms with Crippen molar-refractivity contribution in [3.05, 3.63) is 90.7 Å². The zero-order valence-electron chi connectivity index (χ0n) is 18.5. The number of carbonyl (C=O) groups is 2. The average molecular weight is 616 g/mol. The largest absolute Gasteiger partial charge is 0.416 e. The lowest BCUT2D eigenvalue weighted by atomic mass is 9.89. The summed E-state index contributed by atoms with van der Waals surface area (Å²) >= 11 is 16.0. The molecule has 37 heavy (non-hydrogen) atoms. The summed E-state index contributed by atoms with van der Waals surface area (Å²) in [5.74, 6) is -2.68. The van der Waals surface area contributed by atoms with Crippen LogP contribution in [0.2, 0.25) is 10.0 Å². The minimum atomic E-state index is -4.85. The number of hydrogen-bond acceptors (Lipinski definition) is 3. The van der Waals surface area contributed by atoms with Crippen molar-refractivity contribution < 1.29 is 27.2 Å². The van der Waals surface area contributed by atoms with Crippen molar-refractivity contribution >= 4 is 67.5 Å². The minimum Gasteiger partial charge on any atom is -0.340 e. The fourth-order valence-electron chi connectivity index (χ4n) is 4.34. The van der Waals surface area contributed by atoms with Crippen LogP contribution in [0.25, 0.3) is 10.9 Å². The van der Waals surface area contributed by atoms with Crippen molar-refractivity contribution in [2.75, 3.05) is 5.32 Å². The van der Waals surface area contributed by atoms with Gasteiger partial charge in [0, 0.05) is 43.8 Å². The van der Waals surface area contributed by atoms with Gasteiger partial charge in [0.15, 0.2) is 0 Å². The molecular formula is C24H13BrCl2F4N4O2. The molecule has 0 saturated carbocycles. The Morgan fingerprint density at radius 1 is 1.16 bits per heavy atom. The molecule has 1 atom stereocenters. The van der Waals surface area contributed by atoms with Crippen molar-refractivity contribution in [1.82, 2.24) is 15.1 Å². The van der Waals surface area contributed by atoms with E-state index in [0.29, 0.717) is 49.7 Å². The van der Waals surface area contributed by atoms with Crippen LogP contribution >= 0.6 is 39.1 Å². The molecule has 3 aromatic carbocycles. The molecule has 2 N–H and O–H groups in total. The highest BCUT2D eigenvalue weighted by Gasteiger charge is 2.36. The minimum absolute atomic E-state index is 0.137. The number of nitrogens with one attached hydrogen (secondary N) is 2. The van der Waals surface area contributed by atoms with E-state index in [0.717, 1.165) is 0 Å². The first-order valence-corrected chi connectivity index (χ1v) is 12.0. The summed E-state index contributed by atoms with van der Waals surface area (Å²) in [5.41, 5.74) is -0.306. The van der Waals surface area contributed by atoms with Crippen molar-refractivity contribution in [3.63, 3.8) is 0 Å². The lowest BCUT2D eigenvalue weighted by Gasteiger charge is -2.28. The second-order valence-corrected chi connectivity index (χ2v) is 9.97. The van der Waals surface area contributed by atoms with Gasteiger partial charge in [-0.25, -0.2) is 4.39 Å². The monoisotopic (exact) mass is 614 g/mol. The maximum Gasteiger partial charge on any atom is 0.416 e. The second kappa shape index (κ2) is 9.00. The molecule has 4 aromatic rings. The fourth-order valence-corrected chi connectivity index (χ4v) is 5.25. The van der Waals surface area contributed by atoms with Crippen molar-refractivity contribution in [2.45, 2.75) is 12.2 Å². The Kier molecular flexibility index (Phi) is 6.20. The number of amides is 2. The van der Waals surface area contributed by atoms with E-state index in [4.69, 9.17) is 23.2 Å². The molecule has 1 aliphatic heterocycles. The molecule has 190 valence electrons. The lowest BCUT2D eigenvalue weighted by molar-refractivity contribution is -0.137. The number of aromatic nitrogens is 2. The van der Waals surface area contributed by atoms with E-state index in [2.05, 4.69) is 31.7 Å². The van der Waals surface area contributed by atoms with Crippen molar-refractivity contribution in [3.8, 4) is 0 Å². The van der Waals surface area contributed by atoms with Gasteiger partial charge in [-0.15, -0.1) is 0 Å². The van der Waals surface area contributed by atoms with Crippen LogP contribution in [0.5, 0.6) is 0 Å².